The summed E-state index contributed by atoms with van der Waals surface area (Å²) in [6.45, 7) is 2.26. The van der Waals surface area contributed by atoms with Gasteiger partial charge in [-0.1, -0.05) is 13.0 Å². The van der Waals surface area contributed by atoms with Gasteiger partial charge in [-0.05, 0) is 43.0 Å². The van der Waals surface area contributed by atoms with Crippen molar-refractivity contribution in [2.45, 2.75) is 32.2 Å². The van der Waals surface area contributed by atoms with Crippen LogP contribution in [0.1, 0.15) is 26.2 Å². The second-order valence-corrected chi connectivity index (χ2v) is 3.88. The second-order valence-electron chi connectivity index (χ2n) is 3.88. The van der Waals surface area contributed by atoms with Gasteiger partial charge in [0.05, 0.1) is 6.04 Å². The van der Waals surface area contributed by atoms with Crippen LogP contribution >= 0.6 is 0 Å². The van der Waals surface area contributed by atoms with Gasteiger partial charge in [0.15, 0.2) is 0 Å². The van der Waals surface area contributed by atoms with Crippen molar-refractivity contribution in [2.75, 3.05) is 7.05 Å². The molecule has 1 nitrogen and oxygen atoms in total. The molecule has 1 aliphatic carbocycles. The van der Waals surface area contributed by atoms with Crippen molar-refractivity contribution >= 4 is 0 Å². The second kappa shape index (κ2) is 2.96. The maximum absolute atomic E-state index is 2.37. The first-order chi connectivity index (χ1) is 5.83. The van der Waals surface area contributed by atoms with Crippen molar-refractivity contribution in [1.29, 1.82) is 0 Å². The molecule has 66 valence electrons. The minimum atomic E-state index is 0.722. The molecule has 1 saturated carbocycles. The van der Waals surface area contributed by atoms with Crippen LogP contribution in [0.4, 0.5) is 0 Å². The largest absolute Gasteiger partial charge is 0.373 e. The molecule has 1 heteroatoms. The highest BCUT2D eigenvalue weighted by atomic mass is 15.1. The monoisotopic (exact) mass is 163 g/mol. The van der Waals surface area contributed by atoms with Gasteiger partial charge in [-0.15, -0.1) is 0 Å². The highest BCUT2D eigenvalue weighted by molar-refractivity contribution is 5.25. The van der Waals surface area contributed by atoms with Gasteiger partial charge in [0.2, 0.25) is 0 Å². The quantitative estimate of drug-likeness (QED) is 0.604. The third-order valence-electron chi connectivity index (χ3n) is 2.93. The molecule has 0 aromatic rings. The molecule has 1 unspecified atom stereocenters. The third-order valence-corrected chi connectivity index (χ3v) is 2.93. The molecule has 0 bridgehead atoms. The minimum Gasteiger partial charge on any atom is -0.373 e. The van der Waals surface area contributed by atoms with Gasteiger partial charge in [-0.2, -0.15) is 0 Å². The summed E-state index contributed by atoms with van der Waals surface area (Å²) >= 11 is 0. The normalized spacial score (nSPS) is 29.0. The van der Waals surface area contributed by atoms with Crippen LogP contribution in [0.5, 0.6) is 0 Å². The maximum atomic E-state index is 2.37. The summed E-state index contributed by atoms with van der Waals surface area (Å²) in [5.41, 5.74) is 1.61. The molecule has 2 rings (SSSR count). The van der Waals surface area contributed by atoms with Crippen LogP contribution in [0, 0.1) is 5.92 Å². The molecule has 1 aliphatic heterocycles. The average molecular weight is 163 g/mol. The minimum absolute atomic E-state index is 0.722. The van der Waals surface area contributed by atoms with Gasteiger partial charge in [0.1, 0.15) is 0 Å². The Balaban J connectivity index is 2.15. The van der Waals surface area contributed by atoms with Crippen LogP contribution in [0.15, 0.2) is 23.9 Å². The molecule has 0 aromatic heterocycles. The number of rotatable bonds is 2. The number of hydrogen-bond acceptors (Lipinski definition) is 1. The summed E-state index contributed by atoms with van der Waals surface area (Å²) in [5.74, 6) is 0.950. The lowest BCUT2D eigenvalue weighted by Crippen LogP contribution is -2.32. The first kappa shape index (κ1) is 7.90. The summed E-state index contributed by atoms with van der Waals surface area (Å²) in [5, 5.41) is 0. The van der Waals surface area contributed by atoms with E-state index < -0.39 is 0 Å². The van der Waals surface area contributed by atoms with E-state index in [1.54, 1.807) is 5.57 Å². The predicted molar refractivity (Wildman–Crippen MR) is 51.8 cm³/mol. The van der Waals surface area contributed by atoms with E-state index in [1.165, 1.54) is 19.3 Å². The Labute approximate surface area is 74.8 Å². The van der Waals surface area contributed by atoms with Crippen molar-refractivity contribution in [3.63, 3.8) is 0 Å². The highest BCUT2D eigenvalue weighted by Gasteiger charge is 2.35. The van der Waals surface area contributed by atoms with Crippen LogP contribution in [0.3, 0.4) is 0 Å². The molecule has 0 spiro atoms. The van der Waals surface area contributed by atoms with E-state index in [4.69, 9.17) is 0 Å². The van der Waals surface area contributed by atoms with E-state index in [0.29, 0.717) is 0 Å². The standard InChI is InChI=1S/C11H17N/c1-3-9-5-4-8-12(2)11(9)10-6-7-10/h4-5,8,10-11H,3,6-7H2,1-2H3. The van der Waals surface area contributed by atoms with Gasteiger partial charge in [-0.25, -0.2) is 0 Å². The van der Waals surface area contributed by atoms with Crippen molar-refractivity contribution in [3.05, 3.63) is 23.9 Å². The van der Waals surface area contributed by atoms with Crippen LogP contribution in [0.25, 0.3) is 0 Å². The lowest BCUT2D eigenvalue weighted by Gasteiger charge is -2.31. The first-order valence-electron chi connectivity index (χ1n) is 4.92. The lowest BCUT2D eigenvalue weighted by atomic mass is 9.96. The fourth-order valence-corrected chi connectivity index (χ4v) is 2.13. The predicted octanol–water partition coefficient (Wildman–Crippen LogP) is 2.56. The zero-order chi connectivity index (χ0) is 8.55. The van der Waals surface area contributed by atoms with Gasteiger partial charge in [0.25, 0.3) is 0 Å². The summed E-state index contributed by atoms with van der Waals surface area (Å²) in [7, 11) is 2.20. The summed E-state index contributed by atoms with van der Waals surface area (Å²) in [6.07, 6.45) is 10.7. The summed E-state index contributed by atoms with van der Waals surface area (Å²) in [4.78, 5) is 2.37. The van der Waals surface area contributed by atoms with Crippen molar-refractivity contribution in [2.24, 2.45) is 5.92 Å². The van der Waals surface area contributed by atoms with Crippen molar-refractivity contribution in [3.8, 4) is 0 Å². The first-order valence-corrected chi connectivity index (χ1v) is 4.92. The van der Waals surface area contributed by atoms with Crippen LogP contribution in [-0.4, -0.2) is 18.0 Å². The van der Waals surface area contributed by atoms with Crippen LogP contribution in [0.2, 0.25) is 0 Å². The van der Waals surface area contributed by atoms with Crippen LogP contribution < -0.4 is 0 Å². The zero-order valence-electron chi connectivity index (χ0n) is 7.96. The molecule has 0 amide bonds. The highest BCUT2D eigenvalue weighted by Crippen LogP contribution is 2.40. The van der Waals surface area contributed by atoms with Crippen molar-refractivity contribution < 1.29 is 0 Å². The Morgan fingerprint density at radius 1 is 1.50 bits per heavy atom. The molecule has 12 heavy (non-hydrogen) atoms. The van der Waals surface area contributed by atoms with Crippen LogP contribution in [-0.2, 0) is 0 Å². The molecule has 2 aliphatic rings. The van der Waals surface area contributed by atoms with E-state index in [2.05, 4.69) is 37.2 Å². The van der Waals surface area contributed by atoms with E-state index >= 15 is 0 Å². The number of nitrogens with zero attached hydrogens (tertiary/aromatic N) is 1. The average Bonchev–Trinajstić information content (AvgIpc) is 2.87. The Morgan fingerprint density at radius 3 is 2.83 bits per heavy atom. The van der Waals surface area contributed by atoms with Gasteiger partial charge in [-0.3, -0.25) is 0 Å². The Kier molecular flexibility index (Phi) is 1.95. The molecule has 0 aromatic carbocycles. The van der Waals surface area contributed by atoms with Gasteiger partial charge in [0, 0.05) is 7.05 Å². The van der Waals surface area contributed by atoms with E-state index in [9.17, 15) is 0 Å². The summed E-state index contributed by atoms with van der Waals surface area (Å²) < 4.78 is 0. The molecule has 1 atom stereocenters. The van der Waals surface area contributed by atoms with Gasteiger partial charge < -0.3 is 4.90 Å². The Morgan fingerprint density at radius 2 is 2.25 bits per heavy atom. The Bertz CT molecular complexity index is 223. The molecular formula is C11H17N. The number of likely N-dealkylation sites (N-methyl/N-ethyl adjacent to an activating group) is 1. The van der Waals surface area contributed by atoms with Crippen molar-refractivity contribution in [1.82, 2.24) is 4.90 Å². The van der Waals surface area contributed by atoms with E-state index in [0.717, 1.165) is 12.0 Å². The maximum Gasteiger partial charge on any atom is 0.0524 e. The molecule has 0 radical (unpaired) electrons. The lowest BCUT2D eigenvalue weighted by molar-refractivity contribution is 0.326. The SMILES string of the molecule is CCC1=CC=CN(C)C1C1CC1. The van der Waals surface area contributed by atoms with E-state index in [-0.39, 0.29) is 0 Å². The molecule has 1 heterocycles. The topological polar surface area (TPSA) is 3.24 Å². The van der Waals surface area contributed by atoms with Gasteiger partial charge >= 0.3 is 0 Å². The number of hydrogen-bond donors (Lipinski definition) is 0. The molecule has 0 N–H and O–H groups in total. The smallest absolute Gasteiger partial charge is 0.0524 e. The molecule has 1 fully saturated rings. The zero-order valence-corrected chi connectivity index (χ0v) is 7.96. The fraction of sp³-hybridized carbons (Fsp3) is 0.636. The third kappa shape index (κ3) is 1.28. The number of allylic oxidation sites excluding steroid dienone is 2. The molecule has 0 saturated heterocycles. The Hall–Kier alpha value is -0.720. The van der Waals surface area contributed by atoms with E-state index in [1.807, 2.05) is 0 Å². The molecular weight excluding hydrogens is 146 g/mol. The fourth-order valence-electron chi connectivity index (χ4n) is 2.13. The summed E-state index contributed by atoms with van der Waals surface area (Å²) in [6, 6.07) is 0.722.